The summed E-state index contributed by atoms with van der Waals surface area (Å²) in [6.07, 6.45) is 1.66. The highest BCUT2D eigenvalue weighted by Crippen LogP contribution is 2.27. The standard InChI is InChI=1S/C11H16N4O/c1-11(2,12)7-15-6-9(16)14-10-8(15)4-3-5-13-10/h3-5H,6-7,12H2,1-2H3,(H,13,14,16). The van der Waals surface area contributed by atoms with Gasteiger partial charge in [-0.3, -0.25) is 4.79 Å². The number of anilines is 2. The fraction of sp³-hybridized carbons (Fsp3) is 0.455. The lowest BCUT2D eigenvalue weighted by Gasteiger charge is -2.34. The molecule has 1 amide bonds. The van der Waals surface area contributed by atoms with Gasteiger partial charge in [-0.05, 0) is 26.0 Å². The molecule has 2 heterocycles. The zero-order valence-corrected chi connectivity index (χ0v) is 9.53. The summed E-state index contributed by atoms with van der Waals surface area (Å²) in [6, 6.07) is 3.79. The maximum absolute atomic E-state index is 11.5. The Hall–Kier alpha value is -1.62. The highest BCUT2D eigenvalue weighted by molar-refractivity contribution is 5.99. The number of nitrogens with two attached hydrogens (primary N) is 1. The molecule has 0 aliphatic carbocycles. The van der Waals surface area contributed by atoms with Crippen LogP contribution in [0, 0.1) is 0 Å². The van der Waals surface area contributed by atoms with Crippen LogP contribution >= 0.6 is 0 Å². The van der Waals surface area contributed by atoms with Crippen molar-refractivity contribution in [2.75, 3.05) is 23.3 Å². The van der Waals surface area contributed by atoms with E-state index >= 15 is 0 Å². The van der Waals surface area contributed by atoms with Crippen molar-refractivity contribution in [1.82, 2.24) is 4.98 Å². The summed E-state index contributed by atoms with van der Waals surface area (Å²) in [5.74, 6) is 0.568. The molecule has 1 aliphatic rings. The Morgan fingerprint density at radius 1 is 1.62 bits per heavy atom. The fourth-order valence-electron chi connectivity index (χ4n) is 1.81. The van der Waals surface area contributed by atoms with Crippen LogP contribution in [-0.2, 0) is 4.79 Å². The second kappa shape index (κ2) is 3.75. The molecule has 0 bridgehead atoms. The van der Waals surface area contributed by atoms with Crippen molar-refractivity contribution in [2.45, 2.75) is 19.4 Å². The molecule has 0 saturated heterocycles. The zero-order chi connectivity index (χ0) is 11.8. The lowest BCUT2D eigenvalue weighted by Crippen LogP contribution is -2.49. The summed E-state index contributed by atoms with van der Waals surface area (Å²) in [5, 5.41) is 2.74. The molecule has 0 atom stereocenters. The molecule has 86 valence electrons. The first-order valence-corrected chi connectivity index (χ1v) is 5.24. The molecule has 0 radical (unpaired) electrons. The highest BCUT2D eigenvalue weighted by atomic mass is 16.2. The van der Waals surface area contributed by atoms with Crippen LogP contribution in [0.2, 0.25) is 0 Å². The number of aromatic nitrogens is 1. The van der Waals surface area contributed by atoms with Crippen molar-refractivity contribution < 1.29 is 4.79 Å². The topological polar surface area (TPSA) is 71.2 Å². The summed E-state index contributed by atoms with van der Waals surface area (Å²) in [7, 11) is 0. The van der Waals surface area contributed by atoms with Gasteiger partial charge in [0.25, 0.3) is 0 Å². The minimum absolute atomic E-state index is 0.0459. The van der Waals surface area contributed by atoms with Crippen molar-refractivity contribution in [3.05, 3.63) is 18.3 Å². The van der Waals surface area contributed by atoms with Crippen LogP contribution in [0.15, 0.2) is 18.3 Å². The van der Waals surface area contributed by atoms with Gasteiger partial charge in [-0.15, -0.1) is 0 Å². The van der Waals surface area contributed by atoms with Gasteiger partial charge in [0.1, 0.15) is 0 Å². The average molecular weight is 220 g/mol. The van der Waals surface area contributed by atoms with E-state index in [1.54, 1.807) is 6.20 Å². The fourth-order valence-corrected chi connectivity index (χ4v) is 1.81. The third kappa shape index (κ3) is 2.30. The molecule has 1 aromatic heterocycles. The third-order valence-electron chi connectivity index (χ3n) is 2.32. The van der Waals surface area contributed by atoms with Crippen LogP contribution in [-0.4, -0.2) is 29.5 Å². The number of fused-ring (bicyclic) bond motifs is 1. The maximum Gasteiger partial charge on any atom is 0.245 e. The molecule has 0 unspecified atom stereocenters. The molecular formula is C11H16N4O. The van der Waals surface area contributed by atoms with Crippen molar-refractivity contribution in [2.24, 2.45) is 5.73 Å². The van der Waals surface area contributed by atoms with E-state index in [0.717, 1.165) is 5.69 Å². The SMILES string of the molecule is CC(C)(N)CN1CC(=O)Nc2ncccc21. The minimum atomic E-state index is -0.343. The van der Waals surface area contributed by atoms with Gasteiger partial charge in [0.15, 0.2) is 5.82 Å². The molecular weight excluding hydrogens is 204 g/mol. The molecule has 5 nitrogen and oxygen atoms in total. The van der Waals surface area contributed by atoms with Crippen molar-refractivity contribution >= 4 is 17.4 Å². The Morgan fingerprint density at radius 3 is 3.06 bits per heavy atom. The van der Waals surface area contributed by atoms with Crippen LogP contribution in [0.1, 0.15) is 13.8 Å². The number of carbonyl (C=O) groups excluding carboxylic acids is 1. The summed E-state index contributed by atoms with van der Waals surface area (Å²) in [6.45, 7) is 4.84. The Balaban J connectivity index is 2.30. The maximum atomic E-state index is 11.5. The van der Waals surface area contributed by atoms with Crippen molar-refractivity contribution in [3.8, 4) is 0 Å². The van der Waals surface area contributed by atoms with E-state index in [4.69, 9.17) is 5.73 Å². The molecule has 0 spiro atoms. The molecule has 3 N–H and O–H groups in total. The molecule has 0 saturated carbocycles. The lowest BCUT2D eigenvalue weighted by molar-refractivity contribution is -0.115. The van der Waals surface area contributed by atoms with Crippen LogP contribution in [0.3, 0.4) is 0 Å². The Labute approximate surface area is 94.6 Å². The number of nitrogens with one attached hydrogen (secondary N) is 1. The first kappa shape index (κ1) is 10.9. The largest absolute Gasteiger partial charge is 0.357 e. The second-order valence-electron chi connectivity index (χ2n) is 4.76. The van der Waals surface area contributed by atoms with E-state index in [-0.39, 0.29) is 11.4 Å². The molecule has 1 aliphatic heterocycles. The second-order valence-corrected chi connectivity index (χ2v) is 4.76. The Morgan fingerprint density at radius 2 is 2.38 bits per heavy atom. The molecule has 5 heteroatoms. The minimum Gasteiger partial charge on any atom is -0.357 e. The number of pyridine rings is 1. The van der Waals surface area contributed by atoms with Gasteiger partial charge in [-0.25, -0.2) is 4.98 Å². The molecule has 16 heavy (non-hydrogen) atoms. The van der Waals surface area contributed by atoms with E-state index < -0.39 is 0 Å². The number of nitrogens with zero attached hydrogens (tertiary/aromatic N) is 2. The van der Waals surface area contributed by atoms with Gasteiger partial charge in [0.05, 0.1) is 12.2 Å². The van der Waals surface area contributed by atoms with Gasteiger partial charge >= 0.3 is 0 Å². The first-order chi connectivity index (χ1) is 7.46. The number of rotatable bonds is 2. The Bertz CT molecular complexity index is 411. The molecule has 0 fully saturated rings. The molecule has 2 rings (SSSR count). The smallest absolute Gasteiger partial charge is 0.245 e. The number of carbonyl (C=O) groups is 1. The number of hydrogen-bond donors (Lipinski definition) is 2. The van der Waals surface area contributed by atoms with Crippen LogP contribution < -0.4 is 16.0 Å². The van der Waals surface area contributed by atoms with Gasteiger partial charge < -0.3 is 16.0 Å². The normalized spacial score (nSPS) is 15.7. The third-order valence-corrected chi connectivity index (χ3v) is 2.32. The van der Waals surface area contributed by atoms with Crippen LogP contribution in [0.5, 0.6) is 0 Å². The quantitative estimate of drug-likeness (QED) is 0.764. The number of hydrogen-bond acceptors (Lipinski definition) is 4. The summed E-state index contributed by atoms with van der Waals surface area (Å²) in [5.41, 5.74) is 6.56. The van der Waals surface area contributed by atoms with Crippen LogP contribution in [0.25, 0.3) is 0 Å². The van der Waals surface area contributed by atoms with E-state index in [0.29, 0.717) is 18.9 Å². The van der Waals surface area contributed by atoms with E-state index in [1.807, 2.05) is 30.9 Å². The van der Waals surface area contributed by atoms with Gasteiger partial charge in [-0.2, -0.15) is 0 Å². The predicted octanol–water partition coefficient (Wildman–Crippen LogP) is 0.577. The number of amides is 1. The van der Waals surface area contributed by atoms with Crippen molar-refractivity contribution in [1.29, 1.82) is 0 Å². The van der Waals surface area contributed by atoms with E-state index in [1.165, 1.54) is 0 Å². The Kier molecular flexibility index (Phi) is 2.55. The first-order valence-electron chi connectivity index (χ1n) is 5.24. The predicted molar refractivity (Wildman–Crippen MR) is 63.3 cm³/mol. The molecule has 1 aromatic rings. The monoisotopic (exact) mass is 220 g/mol. The van der Waals surface area contributed by atoms with Gasteiger partial charge in [0.2, 0.25) is 5.91 Å². The molecule has 0 aromatic carbocycles. The zero-order valence-electron chi connectivity index (χ0n) is 9.53. The van der Waals surface area contributed by atoms with Gasteiger partial charge in [0, 0.05) is 18.3 Å². The average Bonchev–Trinajstić information content (AvgIpc) is 2.14. The van der Waals surface area contributed by atoms with E-state index in [9.17, 15) is 4.79 Å². The summed E-state index contributed by atoms with van der Waals surface area (Å²) in [4.78, 5) is 17.6. The van der Waals surface area contributed by atoms with Crippen LogP contribution in [0.4, 0.5) is 11.5 Å². The summed E-state index contributed by atoms with van der Waals surface area (Å²) < 4.78 is 0. The van der Waals surface area contributed by atoms with Gasteiger partial charge in [-0.1, -0.05) is 0 Å². The summed E-state index contributed by atoms with van der Waals surface area (Å²) >= 11 is 0. The van der Waals surface area contributed by atoms with E-state index in [2.05, 4.69) is 10.3 Å². The highest BCUT2D eigenvalue weighted by Gasteiger charge is 2.26. The van der Waals surface area contributed by atoms with Crippen molar-refractivity contribution in [3.63, 3.8) is 0 Å². The lowest BCUT2D eigenvalue weighted by atomic mass is 10.1.